The molecule has 0 saturated carbocycles. The molecule has 5 rings (SSSR count). The summed E-state index contributed by atoms with van der Waals surface area (Å²) in [5.74, 6) is 1.51. The van der Waals surface area contributed by atoms with E-state index in [1.165, 1.54) is 30.0 Å². The molecular weight excluding hydrogens is 451 g/mol. The van der Waals surface area contributed by atoms with Crippen LogP contribution < -0.4 is 24.7 Å². The Labute approximate surface area is 201 Å². The average Bonchev–Trinajstić information content (AvgIpc) is 3.41. The predicted octanol–water partition coefficient (Wildman–Crippen LogP) is 4.54. The SMILES string of the molecule is COc1cc2nccc(Oc3ccc(-c4cnc(N5CCCC5)n(C)c4=O)cc3F)c2cc1OC. The van der Waals surface area contributed by atoms with Gasteiger partial charge in [-0.15, -0.1) is 0 Å². The highest BCUT2D eigenvalue weighted by Gasteiger charge is 2.19. The molecule has 0 aliphatic carbocycles. The predicted molar refractivity (Wildman–Crippen MR) is 131 cm³/mol. The Morgan fingerprint density at radius 2 is 1.66 bits per heavy atom. The lowest BCUT2D eigenvalue weighted by Crippen LogP contribution is -2.30. The number of nitrogens with zero attached hydrogens (tertiary/aromatic N) is 4. The summed E-state index contributed by atoms with van der Waals surface area (Å²) in [7, 11) is 4.78. The van der Waals surface area contributed by atoms with E-state index in [4.69, 9.17) is 14.2 Å². The fourth-order valence-corrected chi connectivity index (χ4v) is 4.35. The summed E-state index contributed by atoms with van der Waals surface area (Å²) in [6, 6.07) is 9.56. The Kier molecular flexibility index (Phi) is 5.98. The van der Waals surface area contributed by atoms with Crippen molar-refractivity contribution in [3.8, 4) is 34.1 Å². The van der Waals surface area contributed by atoms with Crippen molar-refractivity contribution in [2.45, 2.75) is 12.8 Å². The van der Waals surface area contributed by atoms with Crippen LogP contribution in [0.2, 0.25) is 0 Å². The van der Waals surface area contributed by atoms with Crippen LogP contribution in [0.3, 0.4) is 0 Å². The molecule has 0 spiro atoms. The summed E-state index contributed by atoms with van der Waals surface area (Å²) in [6.45, 7) is 1.76. The second kappa shape index (κ2) is 9.25. The molecule has 8 nitrogen and oxygen atoms in total. The third-order valence-corrected chi connectivity index (χ3v) is 6.20. The van der Waals surface area contributed by atoms with E-state index in [-0.39, 0.29) is 11.3 Å². The number of anilines is 1. The molecule has 1 aliphatic rings. The molecule has 1 saturated heterocycles. The molecule has 35 heavy (non-hydrogen) atoms. The van der Waals surface area contributed by atoms with Gasteiger partial charge in [0.25, 0.3) is 5.56 Å². The topological polar surface area (TPSA) is 78.7 Å². The zero-order valence-corrected chi connectivity index (χ0v) is 19.7. The summed E-state index contributed by atoms with van der Waals surface area (Å²) in [5, 5.41) is 0.643. The molecule has 4 aromatic rings. The molecule has 180 valence electrons. The Morgan fingerprint density at radius 1 is 0.914 bits per heavy atom. The number of hydrogen-bond donors (Lipinski definition) is 0. The Morgan fingerprint density at radius 3 is 2.37 bits per heavy atom. The molecule has 0 radical (unpaired) electrons. The molecule has 9 heteroatoms. The third kappa shape index (κ3) is 4.14. The van der Waals surface area contributed by atoms with E-state index < -0.39 is 5.82 Å². The second-order valence-electron chi connectivity index (χ2n) is 8.31. The Hall–Kier alpha value is -4.14. The summed E-state index contributed by atoms with van der Waals surface area (Å²) < 4.78 is 33.3. The standard InChI is InChI=1S/C26H25FN4O4/c1-30-25(32)18(15-29-26(30)31-10-4-5-11-31)16-6-7-22(19(27)12-16)35-21-8-9-28-20-14-24(34-3)23(33-2)13-17(20)21/h6-9,12-15H,4-5,10-11H2,1-3H3. The van der Waals surface area contributed by atoms with Gasteiger partial charge in [0.05, 0.1) is 25.3 Å². The Bertz CT molecular complexity index is 1460. The van der Waals surface area contributed by atoms with Gasteiger partial charge in [-0.3, -0.25) is 14.3 Å². The van der Waals surface area contributed by atoms with Gasteiger partial charge in [0.1, 0.15) is 5.75 Å². The van der Waals surface area contributed by atoms with Gasteiger partial charge in [-0.25, -0.2) is 9.37 Å². The molecule has 3 heterocycles. The van der Waals surface area contributed by atoms with Crippen LogP contribution in [0.4, 0.5) is 10.3 Å². The molecule has 0 atom stereocenters. The number of pyridine rings is 1. The number of aromatic nitrogens is 3. The maximum atomic E-state index is 15.1. The highest BCUT2D eigenvalue weighted by atomic mass is 19.1. The largest absolute Gasteiger partial charge is 0.493 e. The third-order valence-electron chi connectivity index (χ3n) is 6.20. The van der Waals surface area contributed by atoms with Crippen molar-refractivity contribution in [1.29, 1.82) is 0 Å². The monoisotopic (exact) mass is 476 g/mol. The first-order chi connectivity index (χ1) is 17.0. The smallest absolute Gasteiger partial charge is 0.262 e. The number of hydrogen-bond acceptors (Lipinski definition) is 7. The summed E-state index contributed by atoms with van der Waals surface area (Å²) in [6.07, 6.45) is 5.25. The highest BCUT2D eigenvalue weighted by molar-refractivity contribution is 5.88. The maximum Gasteiger partial charge on any atom is 0.262 e. The number of ether oxygens (including phenoxy) is 3. The van der Waals surface area contributed by atoms with E-state index in [9.17, 15) is 4.79 Å². The van der Waals surface area contributed by atoms with Crippen molar-refractivity contribution >= 4 is 16.9 Å². The molecule has 1 fully saturated rings. The van der Waals surface area contributed by atoms with Gasteiger partial charge in [-0.05, 0) is 42.7 Å². The van der Waals surface area contributed by atoms with E-state index in [0.29, 0.717) is 45.2 Å². The summed E-state index contributed by atoms with van der Waals surface area (Å²) in [4.78, 5) is 23.9. The van der Waals surface area contributed by atoms with E-state index in [1.807, 2.05) is 0 Å². The number of fused-ring (bicyclic) bond motifs is 1. The van der Waals surface area contributed by atoms with Crippen molar-refractivity contribution < 1.29 is 18.6 Å². The van der Waals surface area contributed by atoms with Gasteiger partial charge in [0.15, 0.2) is 23.1 Å². The maximum absolute atomic E-state index is 15.1. The van der Waals surface area contributed by atoms with Crippen molar-refractivity contribution in [2.75, 3.05) is 32.2 Å². The van der Waals surface area contributed by atoms with Crippen LogP contribution >= 0.6 is 0 Å². The molecule has 0 unspecified atom stereocenters. The van der Waals surface area contributed by atoms with E-state index in [0.717, 1.165) is 25.9 Å². The van der Waals surface area contributed by atoms with Crippen molar-refractivity contribution in [3.63, 3.8) is 0 Å². The molecular formula is C26H25FN4O4. The van der Waals surface area contributed by atoms with Gasteiger partial charge in [-0.2, -0.15) is 0 Å². The molecule has 0 N–H and O–H groups in total. The van der Waals surface area contributed by atoms with Crippen LogP contribution in [0, 0.1) is 5.82 Å². The first-order valence-electron chi connectivity index (χ1n) is 11.3. The molecule has 1 aliphatic heterocycles. The fourth-order valence-electron chi connectivity index (χ4n) is 4.35. The average molecular weight is 477 g/mol. The number of halogens is 1. The molecule has 0 bridgehead atoms. The second-order valence-corrected chi connectivity index (χ2v) is 8.31. The normalized spacial score (nSPS) is 13.3. The molecule has 2 aromatic heterocycles. The minimum Gasteiger partial charge on any atom is -0.493 e. The number of methoxy groups -OCH3 is 2. The van der Waals surface area contributed by atoms with Gasteiger partial charge in [-0.1, -0.05) is 6.07 Å². The van der Waals surface area contributed by atoms with Crippen LogP contribution in [-0.4, -0.2) is 41.8 Å². The van der Waals surface area contributed by atoms with E-state index in [1.54, 1.807) is 44.6 Å². The quantitative estimate of drug-likeness (QED) is 0.404. The zero-order valence-electron chi connectivity index (χ0n) is 19.7. The minimum absolute atomic E-state index is 0.0227. The Balaban J connectivity index is 1.47. The van der Waals surface area contributed by atoms with E-state index in [2.05, 4.69) is 14.9 Å². The van der Waals surface area contributed by atoms with Crippen LogP contribution in [-0.2, 0) is 7.05 Å². The summed E-state index contributed by atoms with van der Waals surface area (Å²) >= 11 is 0. The van der Waals surface area contributed by atoms with Gasteiger partial charge in [0.2, 0.25) is 5.95 Å². The highest BCUT2D eigenvalue weighted by Crippen LogP contribution is 2.37. The van der Waals surface area contributed by atoms with Crippen LogP contribution in [0.25, 0.3) is 22.0 Å². The van der Waals surface area contributed by atoms with Crippen molar-refractivity contribution in [3.05, 3.63) is 65.0 Å². The van der Waals surface area contributed by atoms with Crippen LogP contribution in [0.5, 0.6) is 23.0 Å². The minimum atomic E-state index is -0.599. The molecule has 0 amide bonds. The summed E-state index contributed by atoms with van der Waals surface area (Å²) in [5.41, 5.74) is 1.15. The number of benzene rings is 2. The van der Waals surface area contributed by atoms with Gasteiger partial charge in [0, 0.05) is 44.0 Å². The fraction of sp³-hybridized carbons (Fsp3) is 0.269. The lowest BCUT2D eigenvalue weighted by atomic mass is 10.1. The van der Waals surface area contributed by atoms with Crippen molar-refractivity contribution in [1.82, 2.24) is 14.5 Å². The first-order valence-corrected chi connectivity index (χ1v) is 11.3. The lowest BCUT2D eigenvalue weighted by molar-refractivity contribution is 0.355. The van der Waals surface area contributed by atoms with Crippen molar-refractivity contribution in [2.24, 2.45) is 7.05 Å². The first kappa shape index (κ1) is 22.6. The van der Waals surface area contributed by atoms with E-state index >= 15 is 4.39 Å². The van der Waals surface area contributed by atoms with Gasteiger partial charge >= 0.3 is 0 Å². The van der Waals surface area contributed by atoms with Crippen LogP contribution in [0.1, 0.15) is 12.8 Å². The van der Waals surface area contributed by atoms with Crippen LogP contribution in [0.15, 0.2) is 53.6 Å². The zero-order chi connectivity index (χ0) is 24.5. The lowest BCUT2D eigenvalue weighted by Gasteiger charge is -2.19. The number of rotatable bonds is 6. The molecule has 2 aromatic carbocycles. The van der Waals surface area contributed by atoms with Gasteiger partial charge < -0.3 is 19.1 Å².